The van der Waals surface area contributed by atoms with Crippen molar-refractivity contribution >= 4 is 0 Å². The summed E-state index contributed by atoms with van der Waals surface area (Å²) in [5.41, 5.74) is 7.43. The van der Waals surface area contributed by atoms with Gasteiger partial charge in [-0.05, 0) is 41.4 Å². The first-order valence-electron chi connectivity index (χ1n) is 8.39. The molecule has 2 heteroatoms. The summed E-state index contributed by atoms with van der Waals surface area (Å²) in [6, 6.07) is 4.63. The van der Waals surface area contributed by atoms with Gasteiger partial charge >= 0.3 is 0 Å². The Bertz CT molecular complexity index is 693. The number of nitrogens with one attached hydrogen (secondary N) is 1. The Balaban J connectivity index is 2.10. The van der Waals surface area contributed by atoms with Crippen molar-refractivity contribution in [2.24, 2.45) is 0 Å². The fourth-order valence-electron chi connectivity index (χ4n) is 3.50. The molecule has 0 spiro atoms. The van der Waals surface area contributed by atoms with Crippen LogP contribution in [0.2, 0.25) is 0 Å². The molecule has 2 aromatic rings. The van der Waals surface area contributed by atoms with E-state index in [1.54, 1.807) is 5.56 Å². The van der Waals surface area contributed by atoms with Crippen LogP contribution in [0.5, 0.6) is 0 Å². The van der Waals surface area contributed by atoms with Crippen LogP contribution in [-0.4, -0.2) is 9.97 Å². The standard InChI is InChI=1S/C20H28N2/c1-19(2,3)16-11-10-15(13-8-7-9-14(13)16)17-12-21-18(22-17)20(4,5)6/h10-12H,7-9H2,1-6H3,(H,21,22). The lowest BCUT2D eigenvalue weighted by molar-refractivity contribution is 0.553. The summed E-state index contributed by atoms with van der Waals surface area (Å²) in [5, 5.41) is 0. The second-order valence-electron chi connectivity index (χ2n) is 8.62. The highest BCUT2D eigenvalue weighted by Gasteiger charge is 2.26. The van der Waals surface area contributed by atoms with Gasteiger partial charge in [0.15, 0.2) is 0 Å². The van der Waals surface area contributed by atoms with Gasteiger partial charge in [0, 0.05) is 11.0 Å². The molecule has 0 amide bonds. The molecule has 0 unspecified atom stereocenters. The molecule has 0 fully saturated rings. The Morgan fingerprint density at radius 1 is 0.909 bits per heavy atom. The van der Waals surface area contributed by atoms with E-state index in [2.05, 4.69) is 63.6 Å². The highest BCUT2D eigenvalue weighted by molar-refractivity contribution is 5.68. The summed E-state index contributed by atoms with van der Waals surface area (Å²) in [7, 11) is 0. The van der Waals surface area contributed by atoms with Gasteiger partial charge < -0.3 is 4.98 Å². The van der Waals surface area contributed by atoms with Crippen LogP contribution >= 0.6 is 0 Å². The molecule has 1 aliphatic carbocycles. The quantitative estimate of drug-likeness (QED) is 0.773. The first kappa shape index (κ1) is 15.3. The summed E-state index contributed by atoms with van der Waals surface area (Å²) < 4.78 is 0. The molecule has 22 heavy (non-hydrogen) atoms. The van der Waals surface area contributed by atoms with Crippen molar-refractivity contribution in [3.05, 3.63) is 40.8 Å². The lowest BCUT2D eigenvalue weighted by atomic mass is 9.81. The Kier molecular flexibility index (Phi) is 3.47. The molecule has 0 atom stereocenters. The van der Waals surface area contributed by atoms with E-state index in [1.165, 1.54) is 41.6 Å². The third-order valence-electron chi connectivity index (χ3n) is 4.67. The van der Waals surface area contributed by atoms with Crippen LogP contribution in [0.1, 0.15) is 70.5 Å². The van der Waals surface area contributed by atoms with Crippen LogP contribution in [0, 0.1) is 0 Å². The molecule has 1 aromatic heterocycles. The van der Waals surface area contributed by atoms with Crippen LogP contribution in [0.25, 0.3) is 11.3 Å². The van der Waals surface area contributed by atoms with Gasteiger partial charge in [-0.3, -0.25) is 0 Å². The largest absolute Gasteiger partial charge is 0.342 e. The number of hydrogen-bond acceptors (Lipinski definition) is 1. The van der Waals surface area contributed by atoms with Crippen molar-refractivity contribution in [2.75, 3.05) is 0 Å². The average molecular weight is 296 g/mol. The number of benzene rings is 1. The van der Waals surface area contributed by atoms with E-state index in [0.717, 1.165) is 5.82 Å². The van der Waals surface area contributed by atoms with E-state index >= 15 is 0 Å². The number of hydrogen-bond donors (Lipinski definition) is 1. The molecule has 0 saturated heterocycles. The van der Waals surface area contributed by atoms with Gasteiger partial charge in [0.25, 0.3) is 0 Å². The molecule has 3 rings (SSSR count). The molecular formula is C20H28N2. The first-order valence-corrected chi connectivity index (χ1v) is 8.39. The molecule has 1 heterocycles. The number of imidazole rings is 1. The monoisotopic (exact) mass is 296 g/mol. The summed E-state index contributed by atoms with van der Waals surface area (Å²) in [4.78, 5) is 8.15. The van der Waals surface area contributed by atoms with E-state index < -0.39 is 0 Å². The maximum absolute atomic E-state index is 4.60. The second kappa shape index (κ2) is 4.97. The Hall–Kier alpha value is -1.57. The predicted molar refractivity (Wildman–Crippen MR) is 93.4 cm³/mol. The molecule has 118 valence electrons. The van der Waals surface area contributed by atoms with Crippen molar-refractivity contribution in [1.29, 1.82) is 0 Å². The minimum Gasteiger partial charge on any atom is -0.342 e. The molecule has 2 nitrogen and oxygen atoms in total. The number of fused-ring (bicyclic) bond motifs is 1. The summed E-state index contributed by atoms with van der Waals surface area (Å²) >= 11 is 0. The van der Waals surface area contributed by atoms with Crippen LogP contribution in [-0.2, 0) is 23.7 Å². The summed E-state index contributed by atoms with van der Waals surface area (Å²) in [6.07, 6.45) is 5.69. The summed E-state index contributed by atoms with van der Waals surface area (Å²) in [5.74, 6) is 1.06. The Morgan fingerprint density at radius 3 is 2.18 bits per heavy atom. The highest BCUT2D eigenvalue weighted by Crippen LogP contribution is 2.38. The molecule has 1 N–H and O–H groups in total. The van der Waals surface area contributed by atoms with E-state index in [9.17, 15) is 0 Å². The Labute approximate surface area is 134 Å². The van der Waals surface area contributed by atoms with Gasteiger partial charge in [0.1, 0.15) is 5.82 Å². The smallest absolute Gasteiger partial charge is 0.111 e. The van der Waals surface area contributed by atoms with Crippen molar-refractivity contribution < 1.29 is 0 Å². The average Bonchev–Trinajstić information content (AvgIpc) is 3.04. The zero-order valence-corrected chi connectivity index (χ0v) is 14.8. The third-order valence-corrected chi connectivity index (χ3v) is 4.67. The zero-order chi connectivity index (χ0) is 16.1. The van der Waals surface area contributed by atoms with Crippen molar-refractivity contribution in [3.63, 3.8) is 0 Å². The van der Waals surface area contributed by atoms with Crippen molar-refractivity contribution in [1.82, 2.24) is 9.97 Å². The molecule has 0 saturated carbocycles. The molecular weight excluding hydrogens is 268 g/mol. The first-order chi connectivity index (χ1) is 10.2. The lowest BCUT2D eigenvalue weighted by Gasteiger charge is -2.24. The van der Waals surface area contributed by atoms with Crippen LogP contribution in [0.15, 0.2) is 18.3 Å². The van der Waals surface area contributed by atoms with E-state index in [4.69, 9.17) is 0 Å². The summed E-state index contributed by atoms with van der Waals surface area (Å²) in [6.45, 7) is 13.5. The number of rotatable bonds is 1. The number of aromatic nitrogens is 2. The van der Waals surface area contributed by atoms with E-state index in [-0.39, 0.29) is 10.8 Å². The van der Waals surface area contributed by atoms with Gasteiger partial charge in [-0.2, -0.15) is 0 Å². The predicted octanol–water partition coefficient (Wildman–Crippen LogP) is 5.16. The van der Waals surface area contributed by atoms with Crippen molar-refractivity contribution in [2.45, 2.75) is 71.6 Å². The minimum absolute atomic E-state index is 0.0623. The fourth-order valence-corrected chi connectivity index (χ4v) is 3.50. The second-order valence-corrected chi connectivity index (χ2v) is 8.62. The number of H-pyrrole nitrogens is 1. The maximum Gasteiger partial charge on any atom is 0.111 e. The van der Waals surface area contributed by atoms with Crippen LogP contribution in [0.3, 0.4) is 0 Å². The minimum atomic E-state index is 0.0623. The van der Waals surface area contributed by atoms with E-state index in [1.807, 2.05) is 6.20 Å². The van der Waals surface area contributed by atoms with Gasteiger partial charge in [-0.15, -0.1) is 0 Å². The van der Waals surface area contributed by atoms with Gasteiger partial charge in [0.2, 0.25) is 0 Å². The third kappa shape index (κ3) is 2.60. The van der Waals surface area contributed by atoms with Gasteiger partial charge in [0.05, 0.1) is 11.9 Å². The normalized spacial score (nSPS) is 15.2. The van der Waals surface area contributed by atoms with E-state index in [0.29, 0.717) is 0 Å². The topological polar surface area (TPSA) is 28.7 Å². The van der Waals surface area contributed by atoms with Crippen molar-refractivity contribution in [3.8, 4) is 11.3 Å². The van der Waals surface area contributed by atoms with Crippen LogP contribution in [0.4, 0.5) is 0 Å². The number of aromatic amines is 1. The molecule has 1 aliphatic rings. The lowest BCUT2D eigenvalue weighted by Crippen LogP contribution is -2.14. The SMILES string of the molecule is CC(C)(C)c1ncc(-c2ccc(C(C)(C)C)c3c2CCC3)[nH]1. The molecule has 0 aliphatic heterocycles. The molecule has 0 bridgehead atoms. The molecule has 0 radical (unpaired) electrons. The highest BCUT2D eigenvalue weighted by atomic mass is 14.9. The number of nitrogens with zero attached hydrogens (tertiary/aromatic N) is 1. The van der Waals surface area contributed by atoms with Crippen LogP contribution < -0.4 is 0 Å². The van der Waals surface area contributed by atoms with Gasteiger partial charge in [-0.25, -0.2) is 4.98 Å². The van der Waals surface area contributed by atoms with Gasteiger partial charge in [-0.1, -0.05) is 53.7 Å². The molecule has 1 aromatic carbocycles. The zero-order valence-electron chi connectivity index (χ0n) is 14.8. The maximum atomic E-state index is 4.60. The Morgan fingerprint density at radius 2 is 1.59 bits per heavy atom. The fraction of sp³-hybridized carbons (Fsp3) is 0.550.